The second kappa shape index (κ2) is 4.46. The van der Waals surface area contributed by atoms with Crippen molar-refractivity contribution in [2.45, 2.75) is 0 Å². The summed E-state index contributed by atoms with van der Waals surface area (Å²) in [4.78, 5) is 28.1. The number of nitrogens with one attached hydrogen (secondary N) is 1. The maximum Gasteiger partial charge on any atom is 0.280 e. The maximum atomic E-state index is 11.4. The Morgan fingerprint density at radius 3 is 2.71 bits per heavy atom. The number of hydrogen-bond donors (Lipinski definition) is 1. The fourth-order valence-electron chi connectivity index (χ4n) is 1.35. The van der Waals surface area contributed by atoms with Gasteiger partial charge in [0.1, 0.15) is 10.3 Å². The van der Waals surface area contributed by atoms with Crippen LogP contribution < -0.4 is 5.56 Å². The fourth-order valence-corrected chi connectivity index (χ4v) is 1.55. The van der Waals surface area contributed by atoms with E-state index < -0.39 is 4.92 Å². The average molecular weight is 296 g/mol. The third-order valence-corrected chi connectivity index (χ3v) is 2.68. The lowest BCUT2D eigenvalue weighted by atomic mass is 10.1. The Labute approximate surface area is 104 Å². The van der Waals surface area contributed by atoms with Crippen LogP contribution >= 0.6 is 15.9 Å². The predicted molar refractivity (Wildman–Crippen MR) is 64.6 cm³/mol. The first-order valence-electron chi connectivity index (χ1n) is 4.58. The number of para-hydroxylation sites is 1. The third kappa shape index (κ3) is 2.23. The molecule has 86 valence electrons. The highest BCUT2D eigenvalue weighted by Gasteiger charge is 2.16. The van der Waals surface area contributed by atoms with Gasteiger partial charge in [-0.2, -0.15) is 0 Å². The van der Waals surface area contributed by atoms with E-state index in [1.807, 2.05) is 0 Å². The Morgan fingerprint density at radius 1 is 1.35 bits per heavy atom. The zero-order valence-corrected chi connectivity index (χ0v) is 9.97. The molecule has 1 aromatic carbocycles. The second-order valence-electron chi connectivity index (χ2n) is 3.18. The van der Waals surface area contributed by atoms with Gasteiger partial charge in [-0.25, -0.2) is 4.98 Å². The number of hydrogen-bond acceptors (Lipinski definition) is 4. The normalized spacial score (nSPS) is 10.2. The summed E-state index contributed by atoms with van der Waals surface area (Å²) in [6, 6.07) is 6.09. The molecule has 0 saturated carbocycles. The molecule has 1 aromatic heterocycles. The molecule has 0 aliphatic heterocycles. The van der Waals surface area contributed by atoms with Gasteiger partial charge in [-0.1, -0.05) is 12.1 Å². The van der Waals surface area contributed by atoms with E-state index in [2.05, 4.69) is 25.9 Å². The lowest BCUT2D eigenvalue weighted by Crippen LogP contribution is -2.09. The number of nitro benzene ring substituents is 1. The Balaban J connectivity index is 2.64. The van der Waals surface area contributed by atoms with Crippen molar-refractivity contribution >= 4 is 21.6 Å². The van der Waals surface area contributed by atoms with E-state index in [0.29, 0.717) is 0 Å². The van der Waals surface area contributed by atoms with E-state index in [1.54, 1.807) is 12.1 Å². The van der Waals surface area contributed by atoms with Crippen LogP contribution in [0.1, 0.15) is 0 Å². The summed E-state index contributed by atoms with van der Waals surface area (Å²) >= 11 is 3.01. The number of benzene rings is 1. The Kier molecular flexibility index (Phi) is 3.01. The molecule has 2 aromatic rings. The van der Waals surface area contributed by atoms with Crippen LogP contribution in [-0.4, -0.2) is 14.9 Å². The summed E-state index contributed by atoms with van der Waals surface area (Å²) in [5.41, 5.74) is -0.201. The molecule has 0 spiro atoms. The molecular formula is C10H6BrN3O3. The van der Waals surface area contributed by atoms with Crippen LogP contribution in [0.25, 0.3) is 11.4 Å². The molecule has 0 atom stereocenters. The zero-order valence-electron chi connectivity index (χ0n) is 8.38. The SMILES string of the molecule is O=c1[nH]c(-c2ccccc2[N+](=O)[O-])ncc1Br. The van der Waals surface area contributed by atoms with Gasteiger partial charge >= 0.3 is 0 Å². The number of nitrogens with zero attached hydrogens (tertiary/aromatic N) is 2. The van der Waals surface area contributed by atoms with Crippen molar-refractivity contribution in [1.29, 1.82) is 0 Å². The Morgan fingerprint density at radius 2 is 2.06 bits per heavy atom. The largest absolute Gasteiger partial charge is 0.305 e. The van der Waals surface area contributed by atoms with Crippen molar-refractivity contribution in [2.75, 3.05) is 0 Å². The van der Waals surface area contributed by atoms with Gasteiger partial charge in [0.25, 0.3) is 11.2 Å². The first-order chi connectivity index (χ1) is 8.09. The highest BCUT2D eigenvalue weighted by molar-refractivity contribution is 9.10. The van der Waals surface area contributed by atoms with Crippen LogP contribution in [-0.2, 0) is 0 Å². The topological polar surface area (TPSA) is 88.9 Å². The van der Waals surface area contributed by atoms with E-state index in [-0.39, 0.29) is 27.1 Å². The van der Waals surface area contributed by atoms with E-state index in [9.17, 15) is 14.9 Å². The van der Waals surface area contributed by atoms with E-state index in [1.165, 1.54) is 18.3 Å². The minimum atomic E-state index is -0.516. The van der Waals surface area contributed by atoms with E-state index >= 15 is 0 Å². The first kappa shape index (κ1) is 11.5. The molecule has 6 nitrogen and oxygen atoms in total. The fraction of sp³-hybridized carbons (Fsp3) is 0. The number of rotatable bonds is 2. The molecule has 0 amide bonds. The van der Waals surface area contributed by atoms with Gasteiger partial charge in [-0.3, -0.25) is 14.9 Å². The minimum absolute atomic E-state index is 0.0991. The molecule has 0 aliphatic carbocycles. The molecule has 2 rings (SSSR count). The summed E-state index contributed by atoms with van der Waals surface area (Å²) in [6.07, 6.45) is 1.31. The van der Waals surface area contributed by atoms with Crippen LogP contribution in [0.3, 0.4) is 0 Å². The van der Waals surface area contributed by atoms with Gasteiger partial charge in [0.15, 0.2) is 0 Å². The molecule has 0 bridgehead atoms. The molecule has 0 radical (unpaired) electrons. The number of halogens is 1. The van der Waals surface area contributed by atoms with Gasteiger partial charge in [-0.15, -0.1) is 0 Å². The second-order valence-corrected chi connectivity index (χ2v) is 4.04. The van der Waals surface area contributed by atoms with Crippen molar-refractivity contribution < 1.29 is 4.92 Å². The molecule has 17 heavy (non-hydrogen) atoms. The van der Waals surface area contributed by atoms with Gasteiger partial charge in [0.2, 0.25) is 0 Å². The molecule has 1 N–H and O–H groups in total. The molecule has 0 fully saturated rings. The van der Waals surface area contributed by atoms with Crippen molar-refractivity contribution in [3.05, 3.63) is 55.4 Å². The van der Waals surface area contributed by atoms with Gasteiger partial charge in [0.05, 0.1) is 10.5 Å². The maximum absolute atomic E-state index is 11.4. The van der Waals surface area contributed by atoms with Crippen LogP contribution in [0.2, 0.25) is 0 Å². The van der Waals surface area contributed by atoms with Gasteiger partial charge in [0, 0.05) is 12.3 Å². The van der Waals surface area contributed by atoms with Crippen molar-refractivity contribution in [2.24, 2.45) is 0 Å². The quantitative estimate of drug-likeness (QED) is 0.679. The average Bonchev–Trinajstić information content (AvgIpc) is 2.32. The van der Waals surface area contributed by atoms with E-state index in [4.69, 9.17) is 0 Å². The smallest absolute Gasteiger partial charge is 0.280 e. The summed E-state index contributed by atoms with van der Waals surface area (Å²) in [6.45, 7) is 0. The van der Waals surface area contributed by atoms with Crippen LogP contribution in [0.4, 0.5) is 5.69 Å². The molecule has 0 aliphatic rings. The number of aromatic nitrogens is 2. The van der Waals surface area contributed by atoms with Crippen LogP contribution in [0.5, 0.6) is 0 Å². The minimum Gasteiger partial charge on any atom is -0.305 e. The van der Waals surface area contributed by atoms with E-state index in [0.717, 1.165) is 0 Å². The van der Waals surface area contributed by atoms with Gasteiger partial charge < -0.3 is 4.98 Å². The summed E-state index contributed by atoms with van der Waals surface area (Å²) in [7, 11) is 0. The number of nitro groups is 1. The molecule has 0 saturated heterocycles. The highest BCUT2D eigenvalue weighted by atomic mass is 79.9. The lowest BCUT2D eigenvalue weighted by Gasteiger charge is -2.01. The van der Waals surface area contributed by atoms with Gasteiger partial charge in [-0.05, 0) is 22.0 Å². The molecule has 0 unspecified atom stereocenters. The third-order valence-electron chi connectivity index (χ3n) is 2.11. The number of H-pyrrole nitrogens is 1. The first-order valence-corrected chi connectivity index (χ1v) is 5.37. The van der Waals surface area contributed by atoms with Crippen LogP contribution in [0, 0.1) is 10.1 Å². The summed E-state index contributed by atoms with van der Waals surface area (Å²) < 4.78 is 0.278. The Hall–Kier alpha value is -2.02. The van der Waals surface area contributed by atoms with Crippen molar-refractivity contribution in [3.8, 4) is 11.4 Å². The predicted octanol–water partition coefficient (Wildman–Crippen LogP) is 2.11. The zero-order chi connectivity index (χ0) is 12.4. The summed E-state index contributed by atoms with van der Waals surface area (Å²) in [5, 5.41) is 10.8. The lowest BCUT2D eigenvalue weighted by molar-refractivity contribution is -0.384. The molecular weight excluding hydrogens is 290 g/mol. The van der Waals surface area contributed by atoms with Crippen molar-refractivity contribution in [3.63, 3.8) is 0 Å². The highest BCUT2D eigenvalue weighted by Crippen LogP contribution is 2.25. The summed E-state index contributed by atoms with van der Waals surface area (Å²) in [5.74, 6) is 0.172. The Bertz CT molecular complexity index is 639. The standard InChI is InChI=1S/C10H6BrN3O3/c11-7-5-12-9(13-10(7)15)6-3-1-2-4-8(6)14(16)17/h1-5H,(H,12,13,15). The molecule has 1 heterocycles. The molecule has 7 heteroatoms. The van der Waals surface area contributed by atoms with Crippen molar-refractivity contribution in [1.82, 2.24) is 9.97 Å². The van der Waals surface area contributed by atoms with Crippen LogP contribution in [0.15, 0.2) is 39.7 Å². The number of aromatic amines is 1. The monoisotopic (exact) mass is 295 g/mol.